The van der Waals surface area contributed by atoms with Gasteiger partial charge in [0, 0.05) is 24.2 Å². The molecular weight excluding hydrogens is 248 g/mol. The van der Waals surface area contributed by atoms with E-state index in [1.807, 2.05) is 12.1 Å². The maximum atomic E-state index is 6.46. The van der Waals surface area contributed by atoms with Gasteiger partial charge >= 0.3 is 0 Å². The zero-order valence-corrected chi connectivity index (χ0v) is 13.2. The Balaban J connectivity index is 2.37. The van der Waals surface area contributed by atoms with Crippen LogP contribution in [0.25, 0.3) is 0 Å². The molecule has 1 aromatic rings. The third-order valence-electron chi connectivity index (χ3n) is 4.52. The first-order valence-corrected chi connectivity index (χ1v) is 7.72. The number of methoxy groups -OCH3 is 1. The molecule has 0 spiro atoms. The molecule has 4 atom stereocenters. The standard InChI is InChI=1S/C17H28N2O/c1-5-15(18)17(19-11-12(2)10-13(19)3)14-8-6-7-9-16(14)20-4/h6-9,12-13,15,17H,5,10-11,18H2,1-4H3. The first kappa shape index (κ1) is 15.3. The second-order valence-corrected chi connectivity index (χ2v) is 6.15. The van der Waals surface area contributed by atoms with E-state index in [1.165, 1.54) is 12.0 Å². The Hall–Kier alpha value is -1.06. The molecule has 0 radical (unpaired) electrons. The average molecular weight is 276 g/mol. The summed E-state index contributed by atoms with van der Waals surface area (Å²) in [5.41, 5.74) is 7.69. The minimum absolute atomic E-state index is 0.138. The number of nitrogens with two attached hydrogens (primary N) is 1. The molecule has 3 nitrogen and oxygen atoms in total. The van der Waals surface area contributed by atoms with Crippen LogP contribution in [0.2, 0.25) is 0 Å². The van der Waals surface area contributed by atoms with Crippen LogP contribution in [0.5, 0.6) is 5.75 Å². The Kier molecular flexibility index (Phi) is 5.06. The van der Waals surface area contributed by atoms with Crippen LogP contribution in [0, 0.1) is 5.92 Å². The summed E-state index contributed by atoms with van der Waals surface area (Å²) in [5, 5.41) is 0. The number of benzene rings is 1. The van der Waals surface area contributed by atoms with Crippen molar-refractivity contribution < 1.29 is 4.74 Å². The monoisotopic (exact) mass is 276 g/mol. The van der Waals surface area contributed by atoms with E-state index in [4.69, 9.17) is 10.5 Å². The van der Waals surface area contributed by atoms with Crippen molar-refractivity contribution in [2.45, 2.75) is 51.7 Å². The predicted molar refractivity (Wildman–Crippen MR) is 84.0 cm³/mol. The van der Waals surface area contributed by atoms with Gasteiger partial charge in [-0.25, -0.2) is 0 Å². The van der Waals surface area contributed by atoms with E-state index in [1.54, 1.807) is 7.11 Å². The van der Waals surface area contributed by atoms with Gasteiger partial charge in [-0.1, -0.05) is 32.0 Å². The highest BCUT2D eigenvalue weighted by atomic mass is 16.5. The molecule has 20 heavy (non-hydrogen) atoms. The van der Waals surface area contributed by atoms with E-state index < -0.39 is 0 Å². The Morgan fingerprint density at radius 1 is 1.35 bits per heavy atom. The van der Waals surface area contributed by atoms with Gasteiger partial charge in [-0.15, -0.1) is 0 Å². The molecule has 1 aliphatic rings. The van der Waals surface area contributed by atoms with E-state index in [2.05, 4.69) is 37.8 Å². The smallest absolute Gasteiger partial charge is 0.123 e. The predicted octanol–water partition coefficient (Wildman–Crippen LogP) is 3.20. The molecule has 4 unspecified atom stereocenters. The lowest BCUT2D eigenvalue weighted by atomic mass is 9.95. The Morgan fingerprint density at radius 3 is 2.60 bits per heavy atom. The van der Waals surface area contributed by atoms with Gasteiger partial charge in [0.1, 0.15) is 5.75 Å². The zero-order chi connectivity index (χ0) is 14.7. The minimum atomic E-state index is 0.138. The van der Waals surface area contributed by atoms with Gasteiger partial charge in [-0.2, -0.15) is 0 Å². The van der Waals surface area contributed by atoms with Gasteiger partial charge in [0.15, 0.2) is 0 Å². The van der Waals surface area contributed by atoms with Gasteiger partial charge in [-0.05, 0) is 31.7 Å². The number of rotatable bonds is 5. The maximum absolute atomic E-state index is 6.46. The summed E-state index contributed by atoms with van der Waals surface area (Å²) < 4.78 is 5.56. The molecule has 1 aromatic carbocycles. The zero-order valence-electron chi connectivity index (χ0n) is 13.2. The SMILES string of the molecule is CCC(N)C(c1ccccc1OC)N1CC(C)CC1C. The lowest BCUT2D eigenvalue weighted by Crippen LogP contribution is -2.42. The number of hydrogen-bond acceptors (Lipinski definition) is 3. The third-order valence-corrected chi connectivity index (χ3v) is 4.52. The largest absolute Gasteiger partial charge is 0.496 e. The molecule has 0 bridgehead atoms. The van der Waals surface area contributed by atoms with Crippen molar-refractivity contribution >= 4 is 0 Å². The lowest BCUT2D eigenvalue weighted by Gasteiger charge is -2.36. The highest BCUT2D eigenvalue weighted by Crippen LogP contribution is 2.37. The Morgan fingerprint density at radius 2 is 2.05 bits per heavy atom. The second-order valence-electron chi connectivity index (χ2n) is 6.15. The molecule has 2 rings (SSSR count). The van der Waals surface area contributed by atoms with Crippen molar-refractivity contribution in [3.8, 4) is 5.75 Å². The Labute approximate surface area is 123 Å². The molecule has 0 amide bonds. The summed E-state index contributed by atoms with van der Waals surface area (Å²) in [6, 6.07) is 9.26. The van der Waals surface area contributed by atoms with Gasteiger partial charge < -0.3 is 10.5 Å². The molecule has 1 heterocycles. The Bertz CT molecular complexity index is 435. The van der Waals surface area contributed by atoms with E-state index in [0.29, 0.717) is 6.04 Å². The van der Waals surface area contributed by atoms with E-state index >= 15 is 0 Å². The second kappa shape index (κ2) is 6.59. The first-order valence-electron chi connectivity index (χ1n) is 7.72. The highest BCUT2D eigenvalue weighted by molar-refractivity contribution is 5.37. The van der Waals surface area contributed by atoms with E-state index in [9.17, 15) is 0 Å². The fourth-order valence-corrected chi connectivity index (χ4v) is 3.51. The molecule has 112 valence electrons. The molecule has 1 saturated heterocycles. The van der Waals surface area contributed by atoms with Crippen molar-refractivity contribution in [3.63, 3.8) is 0 Å². The molecule has 2 N–H and O–H groups in total. The van der Waals surface area contributed by atoms with Gasteiger partial charge in [0.25, 0.3) is 0 Å². The first-order chi connectivity index (χ1) is 9.58. The summed E-state index contributed by atoms with van der Waals surface area (Å²) in [6.45, 7) is 7.93. The molecule has 0 saturated carbocycles. The number of likely N-dealkylation sites (tertiary alicyclic amines) is 1. The van der Waals surface area contributed by atoms with Gasteiger partial charge in [-0.3, -0.25) is 4.90 Å². The molecule has 0 aromatic heterocycles. The van der Waals surface area contributed by atoms with Crippen LogP contribution < -0.4 is 10.5 Å². The summed E-state index contributed by atoms with van der Waals surface area (Å²) in [7, 11) is 1.74. The van der Waals surface area contributed by atoms with Crippen molar-refractivity contribution in [1.29, 1.82) is 0 Å². The van der Waals surface area contributed by atoms with Crippen molar-refractivity contribution in [1.82, 2.24) is 4.90 Å². The van der Waals surface area contributed by atoms with Gasteiger partial charge in [0.2, 0.25) is 0 Å². The number of nitrogens with zero attached hydrogens (tertiary/aromatic N) is 1. The number of ether oxygens (including phenoxy) is 1. The van der Waals surface area contributed by atoms with Crippen LogP contribution in [-0.4, -0.2) is 30.6 Å². The normalized spacial score (nSPS) is 26.4. The highest BCUT2D eigenvalue weighted by Gasteiger charge is 2.36. The fraction of sp³-hybridized carbons (Fsp3) is 0.647. The minimum Gasteiger partial charge on any atom is -0.496 e. The molecule has 1 fully saturated rings. The van der Waals surface area contributed by atoms with Crippen LogP contribution in [0.15, 0.2) is 24.3 Å². The molecule has 0 aliphatic carbocycles. The number of para-hydroxylation sites is 1. The molecular formula is C17H28N2O. The third kappa shape index (κ3) is 2.99. The van der Waals surface area contributed by atoms with Crippen molar-refractivity contribution in [2.24, 2.45) is 11.7 Å². The summed E-state index contributed by atoms with van der Waals surface area (Å²) in [6.07, 6.45) is 2.22. The van der Waals surface area contributed by atoms with E-state index in [0.717, 1.165) is 24.6 Å². The number of hydrogen-bond donors (Lipinski definition) is 1. The van der Waals surface area contributed by atoms with E-state index in [-0.39, 0.29) is 12.1 Å². The maximum Gasteiger partial charge on any atom is 0.123 e. The van der Waals surface area contributed by atoms with Crippen LogP contribution in [0.4, 0.5) is 0 Å². The van der Waals surface area contributed by atoms with Crippen LogP contribution in [-0.2, 0) is 0 Å². The van der Waals surface area contributed by atoms with Crippen LogP contribution in [0.1, 0.15) is 45.2 Å². The quantitative estimate of drug-likeness (QED) is 0.897. The lowest BCUT2D eigenvalue weighted by molar-refractivity contribution is 0.157. The molecule has 1 aliphatic heterocycles. The molecule has 3 heteroatoms. The van der Waals surface area contributed by atoms with Crippen LogP contribution in [0.3, 0.4) is 0 Å². The summed E-state index contributed by atoms with van der Waals surface area (Å²) >= 11 is 0. The topological polar surface area (TPSA) is 38.5 Å². The fourth-order valence-electron chi connectivity index (χ4n) is 3.51. The van der Waals surface area contributed by atoms with Crippen molar-refractivity contribution in [3.05, 3.63) is 29.8 Å². The van der Waals surface area contributed by atoms with Crippen LogP contribution >= 0.6 is 0 Å². The summed E-state index contributed by atoms with van der Waals surface area (Å²) in [4.78, 5) is 2.57. The average Bonchev–Trinajstić information content (AvgIpc) is 2.78. The van der Waals surface area contributed by atoms with Crippen molar-refractivity contribution in [2.75, 3.05) is 13.7 Å². The summed E-state index contributed by atoms with van der Waals surface area (Å²) in [5.74, 6) is 1.69. The van der Waals surface area contributed by atoms with Gasteiger partial charge in [0.05, 0.1) is 13.2 Å².